The van der Waals surface area contributed by atoms with Crippen LogP contribution >= 0.6 is 34.7 Å². The van der Waals surface area contributed by atoms with Gasteiger partial charge in [-0.05, 0) is 50.6 Å². The van der Waals surface area contributed by atoms with Crippen molar-refractivity contribution in [2.75, 3.05) is 0 Å². The zero-order chi connectivity index (χ0) is 19.1. The standard InChI is InChI=1S/C19H16ClN3O2S2/c1-10-8-15(25-22-10)9-26-19-21-17-16(11(2)12(3)27-17)18(24)23(19)14-6-4-13(20)5-7-14/h4-8H,9H2,1-3H3. The van der Waals surface area contributed by atoms with Crippen molar-refractivity contribution >= 4 is 44.9 Å². The summed E-state index contributed by atoms with van der Waals surface area (Å²) in [5.41, 5.74) is 2.48. The molecule has 4 rings (SSSR count). The van der Waals surface area contributed by atoms with Crippen LogP contribution in [-0.2, 0) is 5.75 Å². The maximum atomic E-state index is 13.3. The third-order valence-corrected chi connectivity index (χ3v) is 6.59. The Morgan fingerprint density at radius 3 is 2.63 bits per heavy atom. The normalized spacial score (nSPS) is 11.4. The lowest BCUT2D eigenvalue weighted by Gasteiger charge is -2.12. The van der Waals surface area contributed by atoms with Crippen LogP contribution in [0, 0.1) is 20.8 Å². The van der Waals surface area contributed by atoms with Gasteiger partial charge in [0, 0.05) is 16.0 Å². The summed E-state index contributed by atoms with van der Waals surface area (Å²) >= 11 is 9.01. The SMILES string of the molecule is Cc1cc(CSc2nc3sc(C)c(C)c3c(=O)n2-c2ccc(Cl)cc2)on1. The molecule has 0 atom stereocenters. The fourth-order valence-corrected chi connectivity index (χ4v) is 4.89. The molecule has 0 fully saturated rings. The van der Waals surface area contributed by atoms with Crippen molar-refractivity contribution in [3.05, 3.63) is 67.6 Å². The predicted molar refractivity (Wildman–Crippen MR) is 111 cm³/mol. The van der Waals surface area contributed by atoms with E-state index in [1.54, 1.807) is 28.0 Å². The molecule has 0 aliphatic heterocycles. The first-order valence-electron chi connectivity index (χ1n) is 8.27. The molecule has 0 radical (unpaired) electrons. The number of hydrogen-bond donors (Lipinski definition) is 0. The number of thioether (sulfide) groups is 1. The first-order valence-corrected chi connectivity index (χ1v) is 10.5. The Bertz CT molecular complexity index is 1190. The van der Waals surface area contributed by atoms with E-state index in [0.717, 1.165) is 32.4 Å². The number of rotatable bonds is 4. The second-order valence-electron chi connectivity index (χ2n) is 6.20. The molecule has 0 bridgehead atoms. The topological polar surface area (TPSA) is 60.9 Å². The summed E-state index contributed by atoms with van der Waals surface area (Å²) in [6, 6.07) is 9.08. The second-order valence-corrected chi connectivity index (χ2v) is 8.78. The van der Waals surface area contributed by atoms with E-state index in [0.29, 0.717) is 21.3 Å². The number of aryl methyl sites for hydroxylation is 3. The molecule has 3 aromatic heterocycles. The zero-order valence-electron chi connectivity index (χ0n) is 14.9. The molecule has 4 aromatic rings. The van der Waals surface area contributed by atoms with Gasteiger partial charge in [-0.2, -0.15) is 0 Å². The van der Waals surface area contributed by atoms with E-state index in [1.807, 2.05) is 39.0 Å². The highest BCUT2D eigenvalue weighted by atomic mass is 35.5. The van der Waals surface area contributed by atoms with E-state index in [-0.39, 0.29) is 5.56 Å². The van der Waals surface area contributed by atoms with Gasteiger partial charge in [0.2, 0.25) is 0 Å². The Kier molecular flexibility index (Phi) is 4.84. The minimum atomic E-state index is -0.0691. The van der Waals surface area contributed by atoms with Crippen LogP contribution in [0.1, 0.15) is 21.9 Å². The molecule has 3 heterocycles. The summed E-state index contributed by atoms with van der Waals surface area (Å²) in [6.45, 7) is 5.86. The fraction of sp³-hybridized carbons (Fsp3) is 0.211. The van der Waals surface area contributed by atoms with Crippen molar-refractivity contribution in [2.45, 2.75) is 31.7 Å². The van der Waals surface area contributed by atoms with Crippen molar-refractivity contribution in [2.24, 2.45) is 0 Å². The van der Waals surface area contributed by atoms with Gasteiger partial charge in [-0.25, -0.2) is 4.98 Å². The molecule has 0 amide bonds. The zero-order valence-corrected chi connectivity index (χ0v) is 17.3. The molecule has 0 saturated carbocycles. The maximum Gasteiger partial charge on any atom is 0.267 e. The van der Waals surface area contributed by atoms with E-state index in [2.05, 4.69) is 5.16 Å². The number of thiophene rings is 1. The van der Waals surface area contributed by atoms with E-state index in [1.165, 1.54) is 11.8 Å². The summed E-state index contributed by atoms with van der Waals surface area (Å²) in [4.78, 5) is 20.0. The molecule has 0 unspecified atom stereocenters. The summed E-state index contributed by atoms with van der Waals surface area (Å²) in [7, 11) is 0. The van der Waals surface area contributed by atoms with Crippen LogP contribution in [0.4, 0.5) is 0 Å². The Hall–Kier alpha value is -2.09. The van der Waals surface area contributed by atoms with Crippen LogP contribution < -0.4 is 5.56 Å². The average Bonchev–Trinajstić information content (AvgIpc) is 3.17. The molecule has 27 heavy (non-hydrogen) atoms. The van der Waals surface area contributed by atoms with Gasteiger partial charge in [0.05, 0.1) is 22.5 Å². The molecule has 0 aliphatic carbocycles. The summed E-state index contributed by atoms with van der Waals surface area (Å²) in [5, 5.41) is 5.82. The molecule has 0 N–H and O–H groups in total. The molecule has 0 spiro atoms. The third-order valence-electron chi connectivity index (χ3n) is 4.28. The Morgan fingerprint density at radius 1 is 1.22 bits per heavy atom. The number of benzene rings is 1. The van der Waals surface area contributed by atoms with Crippen molar-refractivity contribution in [1.29, 1.82) is 0 Å². The minimum Gasteiger partial charge on any atom is -0.360 e. The summed E-state index contributed by atoms with van der Waals surface area (Å²) in [5.74, 6) is 1.28. The van der Waals surface area contributed by atoms with Gasteiger partial charge in [0.15, 0.2) is 5.16 Å². The number of halogens is 1. The molecular weight excluding hydrogens is 402 g/mol. The van der Waals surface area contributed by atoms with Gasteiger partial charge >= 0.3 is 0 Å². The lowest BCUT2D eigenvalue weighted by molar-refractivity contribution is 0.391. The van der Waals surface area contributed by atoms with Crippen molar-refractivity contribution in [3.8, 4) is 5.69 Å². The van der Waals surface area contributed by atoms with E-state index < -0.39 is 0 Å². The molecule has 8 heteroatoms. The van der Waals surface area contributed by atoms with Crippen LogP contribution in [0.15, 0.2) is 44.8 Å². The first kappa shape index (κ1) is 18.3. The molecule has 5 nitrogen and oxygen atoms in total. The van der Waals surface area contributed by atoms with Gasteiger partial charge in [0.1, 0.15) is 10.6 Å². The molecule has 0 aliphatic rings. The lowest BCUT2D eigenvalue weighted by atomic mass is 10.2. The minimum absolute atomic E-state index is 0.0691. The number of aromatic nitrogens is 3. The maximum absolute atomic E-state index is 13.3. The number of nitrogens with zero attached hydrogens (tertiary/aromatic N) is 3. The van der Waals surface area contributed by atoms with E-state index >= 15 is 0 Å². The van der Waals surface area contributed by atoms with Crippen LogP contribution in [0.25, 0.3) is 15.9 Å². The highest BCUT2D eigenvalue weighted by Crippen LogP contribution is 2.31. The van der Waals surface area contributed by atoms with Crippen molar-refractivity contribution in [1.82, 2.24) is 14.7 Å². The summed E-state index contributed by atoms with van der Waals surface area (Å²) < 4.78 is 6.93. The Morgan fingerprint density at radius 2 is 1.96 bits per heavy atom. The Balaban J connectivity index is 1.88. The van der Waals surface area contributed by atoms with Crippen LogP contribution in [0.2, 0.25) is 5.02 Å². The highest BCUT2D eigenvalue weighted by molar-refractivity contribution is 7.98. The van der Waals surface area contributed by atoms with Crippen LogP contribution in [0.5, 0.6) is 0 Å². The van der Waals surface area contributed by atoms with E-state index in [9.17, 15) is 4.79 Å². The molecular formula is C19H16ClN3O2S2. The molecule has 0 saturated heterocycles. The average molecular weight is 418 g/mol. The lowest BCUT2D eigenvalue weighted by Crippen LogP contribution is -2.21. The predicted octanol–water partition coefficient (Wildman–Crippen LogP) is 5.31. The smallest absolute Gasteiger partial charge is 0.267 e. The quantitative estimate of drug-likeness (QED) is 0.333. The van der Waals surface area contributed by atoms with Crippen molar-refractivity contribution in [3.63, 3.8) is 0 Å². The van der Waals surface area contributed by atoms with Gasteiger partial charge in [-0.15, -0.1) is 11.3 Å². The van der Waals surface area contributed by atoms with Gasteiger partial charge in [-0.1, -0.05) is 28.5 Å². The number of hydrogen-bond acceptors (Lipinski definition) is 6. The third kappa shape index (κ3) is 3.42. The van der Waals surface area contributed by atoms with E-state index in [4.69, 9.17) is 21.1 Å². The molecule has 138 valence electrons. The number of fused-ring (bicyclic) bond motifs is 1. The Labute approximate surface area is 169 Å². The van der Waals surface area contributed by atoms with Crippen LogP contribution in [-0.4, -0.2) is 14.7 Å². The second kappa shape index (κ2) is 7.14. The van der Waals surface area contributed by atoms with Gasteiger partial charge in [0.25, 0.3) is 5.56 Å². The van der Waals surface area contributed by atoms with Gasteiger partial charge < -0.3 is 4.52 Å². The largest absolute Gasteiger partial charge is 0.360 e. The first-order chi connectivity index (χ1) is 12.9. The fourth-order valence-electron chi connectivity index (χ4n) is 2.81. The van der Waals surface area contributed by atoms with Crippen molar-refractivity contribution < 1.29 is 4.52 Å². The van der Waals surface area contributed by atoms with Crippen LogP contribution in [0.3, 0.4) is 0 Å². The summed E-state index contributed by atoms with van der Waals surface area (Å²) in [6.07, 6.45) is 0. The monoisotopic (exact) mass is 417 g/mol. The highest BCUT2D eigenvalue weighted by Gasteiger charge is 2.18. The molecule has 1 aromatic carbocycles. The van der Waals surface area contributed by atoms with Gasteiger partial charge in [-0.3, -0.25) is 9.36 Å².